The van der Waals surface area contributed by atoms with Crippen molar-refractivity contribution in [2.75, 3.05) is 11.9 Å². The van der Waals surface area contributed by atoms with E-state index in [0.717, 1.165) is 13.0 Å². The van der Waals surface area contributed by atoms with E-state index in [1.54, 1.807) is 17.0 Å². The minimum absolute atomic E-state index is 0.0584. The Morgan fingerprint density at radius 3 is 2.39 bits per heavy atom. The van der Waals surface area contributed by atoms with Crippen LogP contribution in [0.1, 0.15) is 48.0 Å². The van der Waals surface area contributed by atoms with Gasteiger partial charge < -0.3 is 9.88 Å². The first-order valence-corrected chi connectivity index (χ1v) is 6.49. The van der Waals surface area contributed by atoms with Crippen LogP contribution in [0, 0.1) is 5.41 Å². The predicted octanol–water partition coefficient (Wildman–Crippen LogP) is 2.85. The summed E-state index contributed by atoms with van der Waals surface area (Å²) >= 11 is 0. The van der Waals surface area contributed by atoms with Crippen molar-refractivity contribution in [3.05, 3.63) is 22.7 Å². The van der Waals surface area contributed by atoms with Crippen molar-refractivity contribution in [1.82, 2.24) is 9.55 Å². The van der Waals surface area contributed by atoms with Gasteiger partial charge in [0, 0.05) is 24.5 Å². The smallest absolute Gasteiger partial charge is 0.293 e. The quantitative estimate of drug-likeness (QED) is 0.895. The van der Waals surface area contributed by atoms with E-state index in [-0.39, 0.29) is 16.5 Å². The van der Waals surface area contributed by atoms with Gasteiger partial charge in [0.05, 0.1) is 0 Å². The maximum Gasteiger partial charge on any atom is 0.293 e. The van der Waals surface area contributed by atoms with Gasteiger partial charge in [-0.3, -0.25) is 4.79 Å². The van der Waals surface area contributed by atoms with Crippen LogP contribution in [0.2, 0.25) is 0 Å². The molecule has 0 aliphatic rings. The minimum Gasteiger partial charge on any atom is -0.365 e. The van der Waals surface area contributed by atoms with Gasteiger partial charge in [-0.05, 0) is 32.6 Å². The zero-order valence-electron chi connectivity index (χ0n) is 12.4. The predicted molar refractivity (Wildman–Crippen MR) is 76.1 cm³/mol. The average Bonchev–Trinajstić information content (AvgIpc) is 2.26. The second-order valence-corrected chi connectivity index (χ2v) is 6.49. The molecule has 0 saturated carbocycles. The number of nitrogens with zero attached hydrogens (tertiary/aromatic N) is 2. The third-order valence-electron chi connectivity index (χ3n) is 3.25. The third kappa shape index (κ3) is 3.59. The second kappa shape index (κ2) is 5.12. The molecular weight excluding hydrogens is 226 g/mol. The molecule has 0 saturated heterocycles. The van der Waals surface area contributed by atoms with E-state index >= 15 is 0 Å². The van der Waals surface area contributed by atoms with Crippen molar-refractivity contribution in [3.8, 4) is 0 Å². The van der Waals surface area contributed by atoms with Crippen LogP contribution in [0.25, 0.3) is 0 Å². The fourth-order valence-corrected chi connectivity index (χ4v) is 1.51. The first-order valence-electron chi connectivity index (χ1n) is 6.49. The molecule has 0 aromatic carbocycles. The van der Waals surface area contributed by atoms with Gasteiger partial charge in [0.15, 0.2) is 5.82 Å². The van der Waals surface area contributed by atoms with E-state index in [1.807, 2.05) is 20.8 Å². The first kappa shape index (κ1) is 14.7. The molecule has 1 aromatic heterocycles. The number of hydrogen-bond donors (Lipinski definition) is 1. The monoisotopic (exact) mass is 251 g/mol. The fraction of sp³-hybridized carbons (Fsp3) is 0.714. The summed E-state index contributed by atoms with van der Waals surface area (Å²) in [7, 11) is 0. The molecule has 0 radical (unpaired) electrons. The van der Waals surface area contributed by atoms with Crippen LogP contribution in [0.3, 0.4) is 0 Å². The molecule has 0 atom stereocenters. The lowest BCUT2D eigenvalue weighted by molar-refractivity contribution is 0.372. The Kier molecular flexibility index (Phi) is 4.20. The Bertz CT molecular complexity index is 455. The minimum atomic E-state index is -0.225. The molecule has 1 aromatic rings. The van der Waals surface area contributed by atoms with E-state index in [1.165, 1.54) is 0 Å². The van der Waals surface area contributed by atoms with Crippen molar-refractivity contribution in [2.45, 2.75) is 53.5 Å². The van der Waals surface area contributed by atoms with Gasteiger partial charge in [0.1, 0.15) is 0 Å². The number of anilines is 1. The number of rotatable bonds is 4. The average molecular weight is 251 g/mol. The maximum atomic E-state index is 12.3. The molecule has 0 unspecified atom stereocenters. The number of nitrogens with one attached hydrogen (secondary N) is 1. The summed E-state index contributed by atoms with van der Waals surface area (Å²) in [5.41, 5.74) is -0.121. The van der Waals surface area contributed by atoms with Crippen molar-refractivity contribution >= 4 is 5.82 Å². The highest BCUT2D eigenvalue weighted by Gasteiger charge is 2.19. The molecule has 0 aliphatic carbocycles. The molecule has 0 bridgehead atoms. The Morgan fingerprint density at radius 1 is 1.28 bits per heavy atom. The fourth-order valence-electron chi connectivity index (χ4n) is 1.51. The van der Waals surface area contributed by atoms with Gasteiger partial charge in [-0.2, -0.15) is 0 Å². The lowest BCUT2D eigenvalue weighted by atomic mass is 9.90. The summed E-state index contributed by atoms with van der Waals surface area (Å²) in [6.45, 7) is 13.3. The molecule has 4 heteroatoms. The molecule has 4 nitrogen and oxygen atoms in total. The van der Waals surface area contributed by atoms with Crippen LogP contribution in [0.4, 0.5) is 5.82 Å². The summed E-state index contributed by atoms with van der Waals surface area (Å²) in [6.07, 6.45) is 4.46. The topological polar surface area (TPSA) is 46.9 Å². The van der Waals surface area contributed by atoms with Gasteiger partial charge in [-0.1, -0.05) is 20.8 Å². The molecule has 0 fully saturated rings. The van der Waals surface area contributed by atoms with E-state index < -0.39 is 0 Å². The van der Waals surface area contributed by atoms with Crippen molar-refractivity contribution in [3.63, 3.8) is 0 Å². The lowest BCUT2D eigenvalue weighted by Gasteiger charge is -2.25. The molecule has 0 aliphatic heterocycles. The zero-order chi connectivity index (χ0) is 14.0. The molecular formula is C14H25N3O. The van der Waals surface area contributed by atoms with E-state index in [0.29, 0.717) is 5.82 Å². The lowest BCUT2D eigenvalue weighted by Crippen LogP contribution is -2.36. The highest BCUT2D eigenvalue weighted by atomic mass is 16.1. The van der Waals surface area contributed by atoms with E-state index in [4.69, 9.17) is 0 Å². The first-order chi connectivity index (χ1) is 8.17. The van der Waals surface area contributed by atoms with Crippen molar-refractivity contribution < 1.29 is 0 Å². The van der Waals surface area contributed by atoms with Crippen LogP contribution in [0.5, 0.6) is 0 Å². The van der Waals surface area contributed by atoms with Crippen molar-refractivity contribution in [1.29, 1.82) is 0 Å². The molecule has 1 rings (SSSR count). The van der Waals surface area contributed by atoms with E-state index in [2.05, 4.69) is 31.1 Å². The van der Waals surface area contributed by atoms with Crippen molar-refractivity contribution in [2.24, 2.45) is 5.41 Å². The largest absolute Gasteiger partial charge is 0.365 e. The summed E-state index contributed by atoms with van der Waals surface area (Å²) in [5, 5.41) is 3.17. The molecule has 102 valence electrons. The van der Waals surface area contributed by atoms with Gasteiger partial charge in [0.2, 0.25) is 0 Å². The summed E-state index contributed by atoms with van der Waals surface area (Å²) in [5.74, 6) is 0.439. The maximum absolute atomic E-state index is 12.3. The Hall–Kier alpha value is -1.32. The standard InChI is InChI=1S/C14H25N3O/c1-7-14(5,6)10-16-11-12(18)17(9-8-15-11)13(2,3)4/h8-9H,7,10H2,1-6H3,(H,15,16). The van der Waals surface area contributed by atoms with Gasteiger partial charge in [-0.15, -0.1) is 0 Å². The molecule has 0 spiro atoms. The second-order valence-electron chi connectivity index (χ2n) is 6.49. The van der Waals surface area contributed by atoms with Gasteiger partial charge >= 0.3 is 0 Å². The molecule has 1 heterocycles. The van der Waals surface area contributed by atoms with Gasteiger partial charge in [0.25, 0.3) is 5.56 Å². The Balaban J connectivity index is 2.96. The normalized spacial score (nSPS) is 12.6. The van der Waals surface area contributed by atoms with E-state index in [9.17, 15) is 4.79 Å². The Labute approximate surface area is 109 Å². The number of hydrogen-bond acceptors (Lipinski definition) is 3. The third-order valence-corrected chi connectivity index (χ3v) is 3.25. The zero-order valence-corrected chi connectivity index (χ0v) is 12.4. The highest BCUT2D eigenvalue weighted by Crippen LogP contribution is 2.19. The molecule has 0 amide bonds. The number of aromatic nitrogens is 2. The van der Waals surface area contributed by atoms with Crippen LogP contribution in [-0.4, -0.2) is 16.1 Å². The van der Waals surface area contributed by atoms with Crippen LogP contribution in [0.15, 0.2) is 17.2 Å². The summed E-state index contributed by atoms with van der Waals surface area (Å²) in [4.78, 5) is 16.4. The van der Waals surface area contributed by atoms with Gasteiger partial charge in [-0.25, -0.2) is 4.98 Å². The van der Waals surface area contributed by atoms with Crippen LogP contribution >= 0.6 is 0 Å². The van der Waals surface area contributed by atoms with Crippen LogP contribution in [-0.2, 0) is 5.54 Å². The highest BCUT2D eigenvalue weighted by molar-refractivity contribution is 5.31. The molecule has 18 heavy (non-hydrogen) atoms. The summed E-state index contributed by atoms with van der Waals surface area (Å²) < 4.78 is 1.71. The summed E-state index contributed by atoms with van der Waals surface area (Å²) in [6, 6.07) is 0. The SMILES string of the molecule is CCC(C)(C)CNc1nccn(C(C)(C)C)c1=O. The Morgan fingerprint density at radius 2 is 1.89 bits per heavy atom. The molecule has 1 N–H and O–H groups in total. The van der Waals surface area contributed by atoms with Crippen LogP contribution < -0.4 is 10.9 Å².